The number of fused-ring (bicyclic) bond motifs is 1. The summed E-state index contributed by atoms with van der Waals surface area (Å²) in [6, 6.07) is 0. The molecule has 0 saturated heterocycles. The van der Waals surface area contributed by atoms with Gasteiger partial charge in [0.15, 0.2) is 0 Å². The average molecular weight is 254 g/mol. The fourth-order valence-electron chi connectivity index (χ4n) is 2.34. The predicted octanol–water partition coefficient (Wildman–Crippen LogP) is 1.82. The number of hydrogen-bond donors (Lipinski definition) is 1. The van der Waals surface area contributed by atoms with Gasteiger partial charge in [-0.05, 0) is 32.6 Å². The Bertz CT molecular complexity index is 504. The van der Waals surface area contributed by atoms with Crippen molar-refractivity contribution in [2.24, 2.45) is 0 Å². The van der Waals surface area contributed by atoms with E-state index in [1.807, 2.05) is 11.5 Å². The van der Waals surface area contributed by atoms with Crippen molar-refractivity contribution in [2.75, 3.05) is 13.2 Å². The molecule has 1 aliphatic rings. The molecule has 0 spiro atoms. The van der Waals surface area contributed by atoms with Crippen LogP contribution in [0.25, 0.3) is 0 Å². The van der Waals surface area contributed by atoms with Crippen LogP contribution in [0.4, 0.5) is 0 Å². The summed E-state index contributed by atoms with van der Waals surface area (Å²) in [5.41, 5.74) is 2.22. The SMILES string of the molecule is CCOCCCn1c2c(c(=S)[nH]c1=O)CCC2. The zero-order chi connectivity index (χ0) is 12.3. The van der Waals surface area contributed by atoms with Crippen molar-refractivity contribution in [1.82, 2.24) is 9.55 Å². The molecule has 1 aromatic rings. The zero-order valence-electron chi connectivity index (χ0n) is 10.1. The predicted molar refractivity (Wildman–Crippen MR) is 69.0 cm³/mol. The summed E-state index contributed by atoms with van der Waals surface area (Å²) >= 11 is 5.19. The van der Waals surface area contributed by atoms with E-state index in [-0.39, 0.29) is 5.69 Å². The first kappa shape index (κ1) is 12.5. The summed E-state index contributed by atoms with van der Waals surface area (Å²) in [7, 11) is 0. The van der Waals surface area contributed by atoms with E-state index < -0.39 is 0 Å². The third kappa shape index (κ3) is 2.66. The lowest BCUT2D eigenvalue weighted by molar-refractivity contribution is 0.141. The van der Waals surface area contributed by atoms with Crippen molar-refractivity contribution in [3.05, 3.63) is 26.4 Å². The van der Waals surface area contributed by atoms with Crippen LogP contribution in [-0.4, -0.2) is 22.8 Å². The van der Waals surface area contributed by atoms with Gasteiger partial charge in [-0.25, -0.2) is 4.79 Å². The highest BCUT2D eigenvalue weighted by molar-refractivity contribution is 7.71. The molecular formula is C12H18N2O2S. The third-order valence-corrected chi connectivity index (χ3v) is 3.48. The number of rotatable bonds is 5. The molecule has 0 saturated carbocycles. The van der Waals surface area contributed by atoms with Crippen LogP contribution in [0, 0.1) is 4.64 Å². The van der Waals surface area contributed by atoms with E-state index in [0.717, 1.165) is 43.5 Å². The molecule has 0 aromatic carbocycles. The van der Waals surface area contributed by atoms with E-state index in [9.17, 15) is 4.79 Å². The minimum absolute atomic E-state index is 0.0767. The van der Waals surface area contributed by atoms with Crippen LogP contribution in [0.5, 0.6) is 0 Å². The number of H-pyrrole nitrogens is 1. The highest BCUT2D eigenvalue weighted by Gasteiger charge is 2.17. The minimum Gasteiger partial charge on any atom is -0.382 e. The van der Waals surface area contributed by atoms with Crippen molar-refractivity contribution < 1.29 is 4.74 Å². The Morgan fingerprint density at radius 3 is 3.06 bits per heavy atom. The van der Waals surface area contributed by atoms with Gasteiger partial charge in [-0.3, -0.25) is 9.55 Å². The first-order valence-electron chi connectivity index (χ1n) is 6.16. The molecule has 4 nitrogen and oxygen atoms in total. The van der Waals surface area contributed by atoms with E-state index >= 15 is 0 Å². The molecule has 1 aliphatic carbocycles. The van der Waals surface area contributed by atoms with Crippen molar-refractivity contribution >= 4 is 12.2 Å². The van der Waals surface area contributed by atoms with Gasteiger partial charge in [0.25, 0.3) is 0 Å². The standard InChI is InChI=1S/C12H18N2O2S/c1-2-16-8-4-7-14-10-6-3-5-9(10)11(17)13-12(14)15/h2-8H2,1H3,(H,13,15,17). The lowest BCUT2D eigenvalue weighted by Gasteiger charge is -2.11. The molecule has 2 rings (SSSR count). The van der Waals surface area contributed by atoms with Crippen LogP contribution in [-0.2, 0) is 24.1 Å². The first-order valence-corrected chi connectivity index (χ1v) is 6.57. The summed E-state index contributed by atoms with van der Waals surface area (Å²) in [4.78, 5) is 14.6. The molecule has 0 aliphatic heterocycles. The second-order valence-electron chi connectivity index (χ2n) is 4.24. The van der Waals surface area contributed by atoms with Gasteiger partial charge in [-0.1, -0.05) is 12.2 Å². The smallest absolute Gasteiger partial charge is 0.326 e. The summed E-state index contributed by atoms with van der Waals surface area (Å²) in [5.74, 6) is 0. The summed E-state index contributed by atoms with van der Waals surface area (Å²) < 4.78 is 7.75. The van der Waals surface area contributed by atoms with Gasteiger partial charge in [0.2, 0.25) is 0 Å². The van der Waals surface area contributed by atoms with Gasteiger partial charge in [-0.2, -0.15) is 0 Å². The van der Waals surface area contributed by atoms with E-state index in [1.165, 1.54) is 0 Å². The first-order chi connectivity index (χ1) is 8.24. The average Bonchev–Trinajstić information content (AvgIpc) is 2.77. The molecular weight excluding hydrogens is 236 g/mol. The Morgan fingerprint density at radius 1 is 1.47 bits per heavy atom. The van der Waals surface area contributed by atoms with Crippen molar-refractivity contribution in [2.45, 2.75) is 39.2 Å². The Hall–Kier alpha value is -0.940. The summed E-state index contributed by atoms with van der Waals surface area (Å²) in [5, 5.41) is 0. The number of aromatic nitrogens is 2. The Morgan fingerprint density at radius 2 is 2.29 bits per heavy atom. The van der Waals surface area contributed by atoms with Crippen molar-refractivity contribution in [3.8, 4) is 0 Å². The molecule has 1 N–H and O–H groups in total. The Kier molecular flexibility index (Phi) is 4.12. The maximum Gasteiger partial charge on any atom is 0.326 e. The second kappa shape index (κ2) is 5.60. The molecule has 0 fully saturated rings. The third-order valence-electron chi connectivity index (χ3n) is 3.13. The van der Waals surface area contributed by atoms with E-state index in [1.54, 1.807) is 0 Å². The van der Waals surface area contributed by atoms with Gasteiger partial charge in [0.05, 0.1) is 0 Å². The van der Waals surface area contributed by atoms with E-state index in [2.05, 4.69) is 4.98 Å². The second-order valence-corrected chi connectivity index (χ2v) is 4.65. The van der Waals surface area contributed by atoms with Crippen LogP contribution < -0.4 is 5.69 Å². The lowest BCUT2D eigenvalue weighted by atomic mass is 10.2. The van der Waals surface area contributed by atoms with Crippen LogP contribution in [0.2, 0.25) is 0 Å². The van der Waals surface area contributed by atoms with Gasteiger partial charge in [0, 0.05) is 31.0 Å². The normalized spacial score (nSPS) is 13.9. The quantitative estimate of drug-likeness (QED) is 0.644. The summed E-state index contributed by atoms with van der Waals surface area (Å²) in [6.07, 6.45) is 3.93. The molecule has 5 heteroatoms. The highest BCUT2D eigenvalue weighted by atomic mass is 32.1. The molecule has 1 aromatic heterocycles. The number of hydrogen-bond acceptors (Lipinski definition) is 3. The lowest BCUT2D eigenvalue weighted by Crippen LogP contribution is -2.27. The van der Waals surface area contributed by atoms with Gasteiger partial charge >= 0.3 is 5.69 Å². The Labute approximate surface area is 106 Å². The Balaban J connectivity index is 2.20. The number of ether oxygens (including phenoxy) is 1. The maximum atomic E-state index is 11.9. The number of nitrogens with zero attached hydrogens (tertiary/aromatic N) is 1. The molecule has 0 atom stereocenters. The molecule has 0 radical (unpaired) electrons. The fraction of sp³-hybridized carbons (Fsp3) is 0.667. The number of aromatic amines is 1. The molecule has 0 bridgehead atoms. The van der Waals surface area contributed by atoms with Gasteiger partial charge < -0.3 is 4.74 Å². The van der Waals surface area contributed by atoms with Crippen LogP contribution in [0.1, 0.15) is 31.0 Å². The van der Waals surface area contributed by atoms with Gasteiger partial charge in [-0.15, -0.1) is 0 Å². The van der Waals surface area contributed by atoms with Crippen LogP contribution in [0.15, 0.2) is 4.79 Å². The molecule has 1 heterocycles. The van der Waals surface area contributed by atoms with Crippen molar-refractivity contribution in [1.29, 1.82) is 0 Å². The van der Waals surface area contributed by atoms with Crippen LogP contribution in [0.3, 0.4) is 0 Å². The number of nitrogens with one attached hydrogen (secondary N) is 1. The molecule has 0 unspecified atom stereocenters. The van der Waals surface area contributed by atoms with E-state index in [4.69, 9.17) is 17.0 Å². The van der Waals surface area contributed by atoms with Crippen molar-refractivity contribution in [3.63, 3.8) is 0 Å². The molecule has 0 amide bonds. The topological polar surface area (TPSA) is 47.0 Å². The van der Waals surface area contributed by atoms with E-state index in [0.29, 0.717) is 17.8 Å². The van der Waals surface area contributed by atoms with Gasteiger partial charge in [0.1, 0.15) is 4.64 Å². The van der Waals surface area contributed by atoms with Crippen LogP contribution >= 0.6 is 12.2 Å². The summed E-state index contributed by atoms with van der Waals surface area (Å²) in [6.45, 7) is 4.12. The monoisotopic (exact) mass is 254 g/mol. The molecule has 17 heavy (non-hydrogen) atoms. The molecule has 94 valence electrons. The zero-order valence-corrected chi connectivity index (χ0v) is 10.9. The fourth-order valence-corrected chi connectivity index (χ4v) is 2.65. The maximum absolute atomic E-state index is 11.9. The minimum atomic E-state index is -0.0767. The largest absolute Gasteiger partial charge is 0.382 e. The highest BCUT2D eigenvalue weighted by Crippen LogP contribution is 2.20.